The molecule has 1 atom stereocenters. The Morgan fingerprint density at radius 1 is 1.33 bits per heavy atom. The third-order valence-electron chi connectivity index (χ3n) is 4.67. The van der Waals surface area contributed by atoms with Crippen molar-refractivity contribution in [1.82, 2.24) is 14.9 Å². The summed E-state index contributed by atoms with van der Waals surface area (Å²) in [5.74, 6) is -0.324. The minimum atomic E-state index is -0.171. The Bertz CT molecular complexity index is 938. The van der Waals surface area contributed by atoms with E-state index in [2.05, 4.69) is 22.6 Å². The summed E-state index contributed by atoms with van der Waals surface area (Å²) in [6.45, 7) is 8.53. The number of carbonyl (C=O) groups excluding carboxylic acids is 1. The highest BCUT2D eigenvalue weighted by Gasteiger charge is 2.28. The molecular formula is C24H25FN4O. The maximum atomic E-state index is 12.8. The van der Waals surface area contributed by atoms with E-state index in [0.717, 1.165) is 17.6 Å². The van der Waals surface area contributed by atoms with Crippen LogP contribution in [0, 0.1) is 30.0 Å². The summed E-state index contributed by atoms with van der Waals surface area (Å²) in [6, 6.07) is 10.4. The van der Waals surface area contributed by atoms with Crippen LogP contribution in [-0.4, -0.2) is 33.9 Å². The first kappa shape index (κ1) is 22.7. The quantitative estimate of drug-likeness (QED) is 0.556. The van der Waals surface area contributed by atoms with Crippen LogP contribution in [0.3, 0.4) is 0 Å². The number of likely N-dealkylation sites (tertiary alicyclic amines) is 1. The number of hydrogen-bond donors (Lipinski definition) is 0. The zero-order valence-corrected chi connectivity index (χ0v) is 17.3. The number of amides is 1. The average molecular weight is 404 g/mol. The summed E-state index contributed by atoms with van der Waals surface area (Å²) in [6.07, 6.45) is 8.94. The van der Waals surface area contributed by atoms with E-state index >= 15 is 0 Å². The van der Waals surface area contributed by atoms with Gasteiger partial charge in [-0.05, 0) is 50.1 Å². The van der Waals surface area contributed by atoms with Gasteiger partial charge < -0.3 is 4.90 Å². The number of carbonyl (C=O) groups is 1. The van der Waals surface area contributed by atoms with Crippen molar-refractivity contribution in [2.24, 2.45) is 5.92 Å². The smallest absolute Gasteiger partial charge is 0.254 e. The van der Waals surface area contributed by atoms with Crippen molar-refractivity contribution < 1.29 is 9.18 Å². The fraction of sp³-hybridized carbons (Fsp3) is 0.250. The van der Waals surface area contributed by atoms with Crippen molar-refractivity contribution in [2.75, 3.05) is 13.1 Å². The standard InChI is InChI=1S/C17H18N4O.C7H7F/c1-3-4-5-15(13(2)16-6-8-19-12-20-16)17(22)21-9-7-14(10-18)11-21;1-6-2-4-7(8)5-3-6/h3-6,8,12,14H,1,7,9,11H2,2H3;2-5H,1H3/b5-4-,15-13-;. The zero-order valence-electron chi connectivity index (χ0n) is 17.3. The Hall–Kier alpha value is -3.59. The number of hydrogen-bond acceptors (Lipinski definition) is 4. The first-order valence-electron chi connectivity index (χ1n) is 9.63. The van der Waals surface area contributed by atoms with Crippen LogP contribution >= 0.6 is 0 Å². The van der Waals surface area contributed by atoms with Crippen LogP contribution < -0.4 is 0 Å². The Balaban J connectivity index is 0.000000335. The molecule has 3 rings (SSSR count). The highest BCUT2D eigenvalue weighted by Crippen LogP contribution is 2.23. The third-order valence-corrected chi connectivity index (χ3v) is 4.67. The number of benzene rings is 1. The molecule has 1 fully saturated rings. The van der Waals surface area contributed by atoms with E-state index in [1.807, 2.05) is 13.8 Å². The van der Waals surface area contributed by atoms with E-state index in [1.54, 1.807) is 47.5 Å². The van der Waals surface area contributed by atoms with Crippen molar-refractivity contribution in [3.05, 3.63) is 90.3 Å². The number of nitrogens with zero attached hydrogens (tertiary/aromatic N) is 4. The van der Waals surface area contributed by atoms with Crippen LogP contribution in [-0.2, 0) is 4.79 Å². The van der Waals surface area contributed by atoms with E-state index in [0.29, 0.717) is 24.4 Å². The van der Waals surface area contributed by atoms with Crippen LogP contribution in [0.1, 0.15) is 24.6 Å². The molecule has 6 heteroatoms. The Morgan fingerprint density at radius 3 is 2.60 bits per heavy atom. The second-order valence-electron chi connectivity index (χ2n) is 6.89. The summed E-state index contributed by atoms with van der Waals surface area (Å²) in [4.78, 5) is 22.6. The molecule has 0 saturated carbocycles. The van der Waals surface area contributed by atoms with Gasteiger partial charge >= 0.3 is 0 Å². The van der Waals surface area contributed by atoms with Crippen LogP contribution in [0.2, 0.25) is 0 Å². The number of allylic oxidation sites excluding steroid dienone is 3. The molecule has 30 heavy (non-hydrogen) atoms. The van der Waals surface area contributed by atoms with Gasteiger partial charge in [0.25, 0.3) is 5.91 Å². The Labute approximate surface area is 176 Å². The normalized spacial score (nSPS) is 16.3. The van der Waals surface area contributed by atoms with Gasteiger partial charge in [-0.2, -0.15) is 5.26 Å². The molecule has 1 aromatic heterocycles. The second-order valence-corrected chi connectivity index (χ2v) is 6.89. The molecule has 1 aromatic carbocycles. The van der Waals surface area contributed by atoms with Gasteiger partial charge in [0, 0.05) is 24.9 Å². The molecule has 2 aromatic rings. The number of halogens is 1. The van der Waals surface area contributed by atoms with E-state index in [1.165, 1.54) is 18.5 Å². The van der Waals surface area contributed by atoms with Crippen molar-refractivity contribution in [3.63, 3.8) is 0 Å². The zero-order chi connectivity index (χ0) is 21.9. The average Bonchev–Trinajstić information content (AvgIpc) is 3.26. The molecule has 0 bridgehead atoms. The number of rotatable bonds is 4. The Kier molecular flexibility index (Phi) is 8.64. The molecule has 0 spiro atoms. The first-order chi connectivity index (χ1) is 14.5. The van der Waals surface area contributed by atoms with Gasteiger partial charge in [0.2, 0.25) is 0 Å². The van der Waals surface area contributed by atoms with Crippen molar-refractivity contribution in [1.29, 1.82) is 5.26 Å². The summed E-state index contributed by atoms with van der Waals surface area (Å²) >= 11 is 0. The molecule has 5 nitrogen and oxygen atoms in total. The minimum Gasteiger partial charge on any atom is -0.337 e. The fourth-order valence-electron chi connectivity index (χ4n) is 2.93. The summed E-state index contributed by atoms with van der Waals surface area (Å²) in [7, 11) is 0. The van der Waals surface area contributed by atoms with E-state index < -0.39 is 0 Å². The highest BCUT2D eigenvalue weighted by molar-refractivity contribution is 6.03. The van der Waals surface area contributed by atoms with Crippen molar-refractivity contribution >= 4 is 11.5 Å². The lowest BCUT2D eigenvalue weighted by atomic mass is 10.0. The molecule has 2 heterocycles. The predicted octanol–water partition coefficient (Wildman–Crippen LogP) is 4.50. The van der Waals surface area contributed by atoms with Crippen molar-refractivity contribution in [3.8, 4) is 6.07 Å². The number of aryl methyl sites for hydroxylation is 1. The summed E-state index contributed by atoms with van der Waals surface area (Å²) in [5.41, 5.74) is 3.15. The summed E-state index contributed by atoms with van der Waals surface area (Å²) < 4.78 is 12.1. The van der Waals surface area contributed by atoms with Gasteiger partial charge in [-0.1, -0.05) is 36.4 Å². The maximum Gasteiger partial charge on any atom is 0.254 e. The fourth-order valence-corrected chi connectivity index (χ4v) is 2.93. The van der Waals surface area contributed by atoms with Gasteiger partial charge in [-0.15, -0.1) is 0 Å². The van der Waals surface area contributed by atoms with Crippen molar-refractivity contribution in [2.45, 2.75) is 20.3 Å². The molecule has 1 aliphatic rings. The molecule has 0 N–H and O–H groups in total. The van der Waals surface area contributed by atoms with Crippen LogP contribution in [0.4, 0.5) is 4.39 Å². The monoisotopic (exact) mass is 404 g/mol. The lowest BCUT2D eigenvalue weighted by molar-refractivity contribution is -0.125. The Morgan fingerprint density at radius 2 is 2.07 bits per heavy atom. The molecule has 1 unspecified atom stereocenters. The second kappa shape index (κ2) is 11.4. The van der Waals surface area contributed by atoms with Crippen LogP contribution in [0.25, 0.3) is 5.57 Å². The van der Waals surface area contributed by atoms with Crippen LogP contribution in [0.15, 0.2) is 73.2 Å². The third kappa shape index (κ3) is 6.49. The largest absolute Gasteiger partial charge is 0.337 e. The molecule has 1 saturated heterocycles. The van der Waals surface area contributed by atoms with Crippen LogP contribution in [0.5, 0.6) is 0 Å². The molecule has 154 valence electrons. The highest BCUT2D eigenvalue weighted by atomic mass is 19.1. The molecule has 1 amide bonds. The first-order valence-corrected chi connectivity index (χ1v) is 9.63. The number of aromatic nitrogens is 2. The maximum absolute atomic E-state index is 12.8. The summed E-state index contributed by atoms with van der Waals surface area (Å²) in [5, 5.41) is 8.99. The van der Waals surface area contributed by atoms with Gasteiger partial charge in [-0.25, -0.2) is 14.4 Å². The van der Waals surface area contributed by atoms with Gasteiger partial charge in [-0.3, -0.25) is 4.79 Å². The van der Waals surface area contributed by atoms with Gasteiger partial charge in [0.1, 0.15) is 12.1 Å². The topological polar surface area (TPSA) is 69.9 Å². The SMILES string of the molecule is C=C/C=C\C(C(=O)N1CCC(C#N)C1)=C(/C)c1ccncn1.Cc1ccc(F)cc1. The minimum absolute atomic E-state index is 0.0760. The van der Waals surface area contributed by atoms with E-state index in [-0.39, 0.29) is 17.6 Å². The molecule has 0 aliphatic carbocycles. The number of nitriles is 1. The van der Waals surface area contributed by atoms with E-state index in [9.17, 15) is 9.18 Å². The molecule has 0 radical (unpaired) electrons. The van der Waals surface area contributed by atoms with Gasteiger partial charge in [0.05, 0.1) is 17.7 Å². The lowest BCUT2D eigenvalue weighted by Crippen LogP contribution is -2.30. The van der Waals surface area contributed by atoms with Gasteiger partial charge in [0.15, 0.2) is 0 Å². The van der Waals surface area contributed by atoms with E-state index in [4.69, 9.17) is 5.26 Å². The predicted molar refractivity (Wildman–Crippen MR) is 115 cm³/mol. The lowest BCUT2D eigenvalue weighted by Gasteiger charge is -2.18. The molecular weight excluding hydrogens is 379 g/mol. The molecule has 1 aliphatic heterocycles.